The molecule has 0 nitrogen and oxygen atoms in total. The first-order valence-electron chi connectivity index (χ1n) is 6.27. The van der Waals surface area contributed by atoms with Crippen molar-refractivity contribution >= 4 is 0 Å². The molecule has 2 unspecified atom stereocenters. The molecule has 2 aliphatic rings. The third kappa shape index (κ3) is 1.49. The molecule has 0 saturated carbocycles. The van der Waals surface area contributed by atoms with Crippen LogP contribution in [0.25, 0.3) is 0 Å². The van der Waals surface area contributed by atoms with E-state index >= 15 is 0 Å². The van der Waals surface area contributed by atoms with Crippen molar-refractivity contribution in [3.63, 3.8) is 0 Å². The normalized spacial score (nSPS) is 31.1. The second kappa shape index (κ2) is 3.56. The Morgan fingerprint density at radius 3 is 2.65 bits per heavy atom. The summed E-state index contributed by atoms with van der Waals surface area (Å²) in [4.78, 5) is 0. The molecule has 2 aliphatic carbocycles. The Bertz CT molecular complexity index is 507. The average molecular weight is 228 g/mol. The van der Waals surface area contributed by atoms with Crippen molar-refractivity contribution in [1.82, 2.24) is 0 Å². The van der Waals surface area contributed by atoms with E-state index in [-0.39, 0.29) is 11.2 Å². The number of hydrogen-bond acceptors (Lipinski definition) is 0. The van der Waals surface area contributed by atoms with E-state index in [2.05, 4.69) is 26.0 Å². The van der Waals surface area contributed by atoms with Crippen LogP contribution in [0.15, 0.2) is 47.6 Å². The van der Waals surface area contributed by atoms with Gasteiger partial charge in [0, 0.05) is 5.41 Å². The van der Waals surface area contributed by atoms with Gasteiger partial charge in [0.1, 0.15) is 5.82 Å². The zero-order valence-electron chi connectivity index (χ0n) is 10.3. The first-order valence-corrected chi connectivity index (χ1v) is 6.27. The predicted molar refractivity (Wildman–Crippen MR) is 68.3 cm³/mol. The van der Waals surface area contributed by atoms with Gasteiger partial charge >= 0.3 is 0 Å². The lowest BCUT2D eigenvalue weighted by Crippen LogP contribution is -2.23. The van der Waals surface area contributed by atoms with Crippen LogP contribution in [0.1, 0.15) is 32.3 Å². The molecule has 0 fully saturated rings. The lowest BCUT2D eigenvalue weighted by Gasteiger charge is -2.29. The summed E-state index contributed by atoms with van der Waals surface area (Å²) in [6, 6.07) is 7.07. The largest absolute Gasteiger partial charge is 0.207 e. The molecule has 88 valence electrons. The molecule has 0 radical (unpaired) electrons. The number of hydrogen-bond donors (Lipinski definition) is 0. The summed E-state index contributed by atoms with van der Waals surface area (Å²) in [6.07, 6.45) is 6.94. The highest BCUT2D eigenvalue weighted by Gasteiger charge is 2.44. The summed E-state index contributed by atoms with van der Waals surface area (Å²) in [5.41, 5.74) is 4.27. The zero-order chi connectivity index (χ0) is 12.0. The Morgan fingerprint density at radius 1 is 1.24 bits per heavy atom. The molecule has 0 aromatic heterocycles. The minimum Gasteiger partial charge on any atom is -0.207 e. The third-order valence-electron chi connectivity index (χ3n) is 4.22. The van der Waals surface area contributed by atoms with Gasteiger partial charge in [0.05, 0.1) is 0 Å². The van der Waals surface area contributed by atoms with Gasteiger partial charge in [-0.1, -0.05) is 36.8 Å². The van der Waals surface area contributed by atoms with Gasteiger partial charge in [-0.25, -0.2) is 4.39 Å². The predicted octanol–water partition coefficient (Wildman–Crippen LogP) is 4.38. The van der Waals surface area contributed by atoms with Crippen LogP contribution in [0.3, 0.4) is 0 Å². The fourth-order valence-corrected chi connectivity index (χ4v) is 3.46. The monoisotopic (exact) mass is 228 g/mol. The molecule has 17 heavy (non-hydrogen) atoms. The lowest BCUT2D eigenvalue weighted by atomic mass is 9.74. The molecule has 0 N–H and O–H groups in total. The van der Waals surface area contributed by atoms with Crippen LogP contribution in [-0.2, 0) is 5.41 Å². The van der Waals surface area contributed by atoms with Crippen LogP contribution in [0.5, 0.6) is 0 Å². The fourth-order valence-electron chi connectivity index (χ4n) is 3.46. The van der Waals surface area contributed by atoms with Crippen molar-refractivity contribution in [1.29, 1.82) is 0 Å². The number of rotatable bonds is 1. The Kier molecular flexibility index (Phi) is 2.25. The smallest absolute Gasteiger partial charge is 0.123 e. The number of fused-ring (bicyclic) bond motifs is 1. The van der Waals surface area contributed by atoms with Crippen molar-refractivity contribution < 1.29 is 4.39 Å². The van der Waals surface area contributed by atoms with E-state index in [1.807, 2.05) is 12.1 Å². The highest BCUT2D eigenvalue weighted by Crippen LogP contribution is 2.53. The summed E-state index contributed by atoms with van der Waals surface area (Å²) in [6.45, 7) is 4.46. The van der Waals surface area contributed by atoms with E-state index in [0.717, 1.165) is 12.8 Å². The summed E-state index contributed by atoms with van der Waals surface area (Å²) >= 11 is 0. The molecule has 0 bridgehead atoms. The molecular formula is C16H17F. The van der Waals surface area contributed by atoms with Gasteiger partial charge in [0.25, 0.3) is 0 Å². The van der Waals surface area contributed by atoms with E-state index in [1.165, 1.54) is 16.7 Å². The van der Waals surface area contributed by atoms with Gasteiger partial charge in [0.2, 0.25) is 0 Å². The number of benzene rings is 1. The number of halogens is 1. The van der Waals surface area contributed by atoms with Crippen molar-refractivity contribution in [3.05, 3.63) is 58.9 Å². The molecule has 0 heterocycles. The first-order chi connectivity index (χ1) is 8.12. The van der Waals surface area contributed by atoms with Gasteiger partial charge in [-0.15, -0.1) is 0 Å². The van der Waals surface area contributed by atoms with E-state index < -0.39 is 0 Å². The zero-order valence-corrected chi connectivity index (χ0v) is 10.3. The van der Waals surface area contributed by atoms with E-state index in [4.69, 9.17) is 0 Å². The Balaban J connectivity index is 2.08. The summed E-state index contributed by atoms with van der Waals surface area (Å²) in [5, 5.41) is 0. The molecule has 0 saturated heterocycles. The molecule has 0 aliphatic heterocycles. The van der Waals surface area contributed by atoms with Crippen molar-refractivity contribution in [3.8, 4) is 0 Å². The molecule has 0 spiro atoms. The van der Waals surface area contributed by atoms with Crippen molar-refractivity contribution in [2.75, 3.05) is 0 Å². The van der Waals surface area contributed by atoms with E-state index in [1.54, 1.807) is 12.1 Å². The highest BCUT2D eigenvalue weighted by atomic mass is 19.1. The van der Waals surface area contributed by atoms with Crippen molar-refractivity contribution in [2.24, 2.45) is 5.92 Å². The van der Waals surface area contributed by atoms with Crippen LogP contribution in [0.2, 0.25) is 0 Å². The van der Waals surface area contributed by atoms with E-state index in [0.29, 0.717) is 5.92 Å². The standard InChI is InChI=1S/C16H17F/c1-11-9-15-12(2)7-8-16(15,10-11)13-3-5-14(17)6-4-13/h3-7,9,11H,8,10H2,1-2H3. The average Bonchev–Trinajstić information content (AvgIpc) is 2.78. The maximum absolute atomic E-state index is 13.0. The second-order valence-corrected chi connectivity index (χ2v) is 5.44. The Labute approximate surface area is 102 Å². The SMILES string of the molecule is CC1=CCC2(c3ccc(F)cc3)CC(C)C=C12. The van der Waals surface area contributed by atoms with Crippen LogP contribution in [0.4, 0.5) is 4.39 Å². The molecular weight excluding hydrogens is 211 g/mol. The molecule has 0 amide bonds. The highest BCUT2D eigenvalue weighted by molar-refractivity contribution is 5.54. The Hall–Kier alpha value is -1.37. The lowest BCUT2D eigenvalue weighted by molar-refractivity contribution is 0.472. The first kappa shape index (κ1) is 10.8. The third-order valence-corrected chi connectivity index (χ3v) is 4.22. The summed E-state index contributed by atoms with van der Waals surface area (Å²) in [7, 11) is 0. The second-order valence-electron chi connectivity index (χ2n) is 5.44. The van der Waals surface area contributed by atoms with Crippen LogP contribution >= 0.6 is 0 Å². The minimum absolute atomic E-state index is 0.136. The van der Waals surface area contributed by atoms with Gasteiger partial charge < -0.3 is 0 Å². The van der Waals surface area contributed by atoms with Crippen LogP contribution in [-0.4, -0.2) is 0 Å². The van der Waals surface area contributed by atoms with Gasteiger partial charge in [-0.2, -0.15) is 0 Å². The van der Waals surface area contributed by atoms with Gasteiger partial charge in [-0.3, -0.25) is 0 Å². The molecule has 3 rings (SSSR count). The quantitative estimate of drug-likeness (QED) is 0.669. The Morgan fingerprint density at radius 2 is 1.94 bits per heavy atom. The van der Waals surface area contributed by atoms with Crippen molar-refractivity contribution in [2.45, 2.75) is 32.1 Å². The van der Waals surface area contributed by atoms with Gasteiger partial charge in [-0.05, 0) is 49.0 Å². The maximum Gasteiger partial charge on any atom is 0.123 e. The van der Waals surface area contributed by atoms with Crippen LogP contribution in [0, 0.1) is 11.7 Å². The molecule has 2 atom stereocenters. The minimum atomic E-state index is -0.149. The molecule has 1 aromatic carbocycles. The van der Waals surface area contributed by atoms with E-state index in [9.17, 15) is 4.39 Å². The number of allylic oxidation sites excluding steroid dienone is 4. The van der Waals surface area contributed by atoms with Gasteiger partial charge in [0.15, 0.2) is 0 Å². The van der Waals surface area contributed by atoms with Crippen LogP contribution < -0.4 is 0 Å². The maximum atomic E-state index is 13.0. The summed E-state index contributed by atoms with van der Waals surface area (Å²) in [5.74, 6) is 0.475. The summed E-state index contributed by atoms with van der Waals surface area (Å²) < 4.78 is 13.0. The fraction of sp³-hybridized carbons (Fsp3) is 0.375. The molecule has 1 aromatic rings. The topological polar surface area (TPSA) is 0 Å². The molecule has 1 heteroatoms.